The number of ketones is 1. The molecule has 9 nitrogen and oxygen atoms in total. The van der Waals surface area contributed by atoms with E-state index in [1.807, 2.05) is 39.0 Å². The second kappa shape index (κ2) is 13.0. The summed E-state index contributed by atoms with van der Waals surface area (Å²) >= 11 is 0. The first-order chi connectivity index (χ1) is 19.7. The number of carbonyl (C=O) groups excluding carboxylic acids is 3. The number of nitrogens with one attached hydrogen (secondary N) is 1. The van der Waals surface area contributed by atoms with Crippen LogP contribution in [0.15, 0.2) is 65.0 Å². The Bertz CT molecular complexity index is 1370. The fourth-order valence-electron chi connectivity index (χ4n) is 5.41. The molecule has 1 N–H and O–H groups in total. The quantitative estimate of drug-likeness (QED) is 0.321. The summed E-state index contributed by atoms with van der Waals surface area (Å²) in [6.07, 6.45) is 0.837. The van der Waals surface area contributed by atoms with Crippen LogP contribution in [0.2, 0.25) is 0 Å². The number of Topliss-reactive ketones (excluding diaryl/α,β-unsaturated/α-hetero) is 1. The van der Waals surface area contributed by atoms with Crippen LogP contribution >= 0.6 is 0 Å². The van der Waals surface area contributed by atoms with Crippen LogP contribution in [0, 0.1) is 0 Å². The summed E-state index contributed by atoms with van der Waals surface area (Å²) in [5.74, 6) is -0.594. The van der Waals surface area contributed by atoms with Gasteiger partial charge in [-0.15, -0.1) is 0 Å². The molecule has 1 aliphatic heterocycles. The largest absolute Gasteiger partial charge is 0.493 e. The average Bonchev–Trinajstić information content (AvgIpc) is 2.97. The predicted molar refractivity (Wildman–Crippen MR) is 152 cm³/mol. The van der Waals surface area contributed by atoms with Crippen molar-refractivity contribution >= 4 is 17.7 Å². The van der Waals surface area contributed by atoms with Crippen molar-refractivity contribution in [3.63, 3.8) is 0 Å². The van der Waals surface area contributed by atoms with Crippen LogP contribution in [0.25, 0.3) is 0 Å². The number of methoxy groups -OCH3 is 3. The van der Waals surface area contributed by atoms with Crippen molar-refractivity contribution in [2.24, 2.45) is 0 Å². The van der Waals surface area contributed by atoms with E-state index in [4.69, 9.17) is 23.7 Å². The van der Waals surface area contributed by atoms with Crippen LogP contribution < -0.4 is 14.8 Å². The lowest BCUT2D eigenvalue weighted by Crippen LogP contribution is -2.36. The molecule has 2 aromatic carbocycles. The van der Waals surface area contributed by atoms with Crippen LogP contribution in [0.3, 0.4) is 0 Å². The molecule has 4 rings (SSSR count). The van der Waals surface area contributed by atoms with Crippen LogP contribution in [-0.4, -0.2) is 58.4 Å². The molecule has 9 heteroatoms. The Labute approximate surface area is 240 Å². The highest BCUT2D eigenvalue weighted by molar-refractivity contribution is 6.04. The highest BCUT2D eigenvalue weighted by atomic mass is 16.6. The molecule has 0 saturated carbocycles. The van der Waals surface area contributed by atoms with Gasteiger partial charge in [-0.25, -0.2) is 9.59 Å². The third-order valence-corrected chi connectivity index (χ3v) is 7.36. The van der Waals surface area contributed by atoms with E-state index in [0.717, 1.165) is 11.3 Å². The van der Waals surface area contributed by atoms with Crippen molar-refractivity contribution in [3.05, 3.63) is 81.7 Å². The summed E-state index contributed by atoms with van der Waals surface area (Å²) in [6.45, 7) is 5.98. The molecule has 1 aliphatic carbocycles. The number of dihydropyridines is 1. The first kappa shape index (κ1) is 29.9. The Morgan fingerprint density at radius 3 is 2.22 bits per heavy atom. The van der Waals surface area contributed by atoms with Gasteiger partial charge in [0.1, 0.15) is 6.61 Å². The average molecular weight is 564 g/mol. The maximum Gasteiger partial charge on any atom is 0.337 e. The van der Waals surface area contributed by atoms with E-state index in [2.05, 4.69) is 5.32 Å². The van der Waals surface area contributed by atoms with Gasteiger partial charge in [-0.05, 0) is 68.5 Å². The number of benzene rings is 2. The molecule has 218 valence electrons. The van der Waals surface area contributed by atoms with Crippen molar-refractivity contribution in [3.8, 4) is 11.5 Å². The van der Waals surface area contributed by atoms with Gasteiger partial charge < -0.3 is 29.0 Å². The predicted octanol–water partition coefficient (Wildman–Crippen LogP) is 4.82. The Hall–Kier alpha value is -4.11. The van der Waals surface area contributed by atoms with Gasteiger partial charge in [0, 0.05) is 29.3 Å². The lowest BCUT2D eigenvalue weighted by Gasteiger charge is -2.36. The number of allylic oxidation sites excluding steroid dienone is 3. The second-order valence-corrected chi connectivity index (χ2v) is 10.3. The minimum Gasteiger partial charge on any atom is -0.493 e. The van der Waals surface area contributed by atoms with Crippen molar-refractivity contribution in [1.29, 1.82) is 0 Å². The standard InChI is InChI=1S/C32H37NO8/c1-18(2)40-13-14-41-32(36)28-19(3)33-24-15-23(22-11-12-26(37-4)27(17-22)38-5)16-25(34)30(24)29(28)20-7-9-21(10-8-20)31(35)39-6/h7-12,17-18,23,29,33H,13-16H2,1-6H3/t23-,29+/m1/s1. The summed E-state index contributed by atoms with van der Waals surface area (Å²) in [6, 6.07) is 12.5. The Morgan fingerprint density at radius 1 is 0.902 bits per heavy atom. The van der Waals surface area contributed by atoms with Crippen molar-refractivity contribution in [2.45, 2.75) is 51.6 Å². The van der Waals surface area contributed by atoms with Gasteiger partial charge in [-0.1, -0.05) is 18.2 Å². The highest BCUT2D eigenvalue weighted by Crippen LogP contribution is 2.46. The van der Waals surface area contributed by atoms with E-state index < -0.39 is 17.9 Å². The zero-order valence-corrected chi connectivity index (χ0v) is 24.4. The first-order valence-electron chi connectivity index (χ1n) is 13.6. The molecule has 0 spiro atoms. The maximum absolute atomic E-state index is 13.9. The van der Waals surface area contributed by atoms with Crippen LogP contribution in [-0.2, 0) is 23.8 Å². The Balaban J connectivity index is 1.71. The van der Waals surface area contributed by atoms with Crippen molar-refractivity contribution in [2.75, 3.05) is 34.5 Å². The minimum atomic E-state index is -0.657. The number of esters is 2. The minimum absolute atomic E-state index is 0.0123. The number of ether oxygens (including phenoxy) is 5. The summed E-state index contributed by atoms with van der Waals surface area (Å²) in [5.41, 5.74) is 4.30. The molecule has 2 aliphatic rings. The molecule has 41 heavy (non-hydrogen) atoms. The molecule has 0 amide bonds. The fourth-order valence-corrected chi connectivity index (χ4v) is 5.41. The molecule has 0 bridgehead atoms. The number of rotatable bonds is 10. The lowest BCUT2D eigenvalue weighted by molar-refractivity contribution is -0.141. The molecule has 1 heterocycles. The Kier molecular flexibility index (Phi) is 9.50. The molecule has 0 radical (unpaired) electrons. The number of hydrogen-bond donors (Lipinski definition) is 1. The van der Waals surface area contributed by atoms with Gasteiger partial charge in [-0.3, -0.25) is 4.79 Å². The number of hydrogen-bond acceptors (Lipinski definition) is 9. The van der Waals surface area contributed by atoms with Gasteiger partial charge in [0.2, 0.25) is 0 Å². The molecule has 0 unspecified atom stereocenters. The van der Waals surface area contributed by atoms with Crippen molar-refractivity contribution < 1.29 is 38.1 Å². The summed E-state index contributed by atoms with van der Waals surface area (Å²) in [5, 5.41) is 3.35. The Morgan fingerprint density at radius 2 is 1.59 bits per heavy atom. The maximum atomic E-state index is 13.9. The van der Waals surface area contributed by atoms with E-state index in [1.54, 1.807) is 38.5 Å². The van der Waals surface area contributed by atoms with E-state index in [1.165, 1.54) is 7.11 Å². The highest BCUT2D eigenvalue weighted by Gasteiger charge is 2.41. The molecule has 2 atom stereocenters. The van der Waals surface area contributed by atoms with E-state index in [-0.39, 0.29) is 37.4 Å². The third-order valence-electron chi connectivity index (χ3n) is 7.36. The van der Waals surface area contributed by atoms with Gasteiger partial charge in [0.05, 0.1) is 45.2 Å². The molecule has 2 aromatic rings. The summed E-state index contributed by atoms with van der Waals surface area (Å²) in [7, 11) is 4.48. The molecule has 0 aromatic heterocycles. The summed E-state index contributed by atoms with van der Waals surface area (Å²) < 4.78 is 26.8. The van der Waals surface area contributed by atoms with Gasteiger partial charge >= 0.3 is 11.9 Å². The molecular weight excluding hydrogens is 526 g/mol. The topological polar surface area (TPSA) is 109 Å². The lowest BCUT2D eigenvalue weighted by atomic mass is 9.71. The summed E-state index contributed by atoms with van der Waals surface area (Å²) in [4.78, 5) is 39.4. The normalized spacial score (nSPS) is 18.6. The first-order valence-corrected chi connectivity index (χ1v) is 13.6. The van der Waals surface area contributed by atoms with Crippen LogP contribution in [0.5, 0.6) is 11.5 Å². The smallest absolute Gasteiger partial charge is 0.337 e. The van der Waals surface area contributed by atoms with E-state index in [0.29, 0.717) is 45.9 Å². The molecule has 0 saturated heterocycles. The third kappa shape index (κ3) is 6.46. The fraction of sp³-hybridized carbons (Fsp3) is 0.406. The second-order valence-electron chi connectivity index (χ2n) is 10.3. The number of carbonyl (C=O) groups is 3. The zero-order chi connectivity index (χ0) is 29.7. The SMILES string of the molecule is COC(=O)c1ccc([C@H]2C(C(=O)OCCOC(C)C)=C(C)NC3=C2C(=O)C[C@H](c2ccc(OC)c(OC)c2)C3)cc1. The molecular formula is C32H37NO8. The monoisotopic (exact) mass is 563 g/mol. The van der Waals surface area contributed by atoms with E-state index in [9.17, 15) is 14.4 Å². The zero-order valence-electron chi connectivity index (χ0n) is 24.4. The van der Waals surface area contributed by atoms with Crippen LogP contribution in [0.1, 0.15) is 66.9 Å². The van der Waals surface area contributed by atoms with Crippen molar-refractivity contribution in [1.82, 2.24) is 5.32 Å². The van der Waals surface area contributed by atoms with E-state index >= 15 is 0 Å². The van der Waals surface area contributed by atoms with Gasteiger partial charge in [0.15, 0.2) is 17.3 Å². The van der Waals surface area contributed by atoms with Gasteiger partial charge in [-0.2, -0.15) is 0 Å². The van der Waals surface area contributed by atoms with Crippen LogP contribution in [0.4, 0.5) is 0 Å². The van der Waals surface area contributed by atoms with Gasteiger partial charge in [0.25, 0.3) is 0 Å². The molecule has 0 fully saturated rings.